The molecule has 0 amide bonds. The molecule has 0 atom stereocenters. The lowest BCUT2D eigenvalue weighted by atomic mass is 9.97. The van der Waals surface area contributed by atoms with Crippen molar-refractivity contribution >= 4 is 26.7 Å². The zero-order chi connectivity index (χ0) is 18.6. The molecule has 0 heterocycles. The minimum Gasteiger partial charge on any atom is -0.497 e. The predicted molar refractivity (Wildman–Crippen MR) is 114 cm³/mol. The van der Waals surface area contributed by atoms with Gasteiger partial charge in [-0.05, 0) is 52.4 Å². The Morgan fingerprint density at radius 1 is 0.741 bits per heavy atom. The summed E-state index contributed by atoms with van der Waals surface area (Å²) in [7, 11) is 1.68. The van der Waals surface area contributed by atoms with Gasteiger partial charge in [0.1, 0.15) is 18.1 Å². The molecule has 0 saturated carbocycles. The molecule has 3 heteroatoms. The van der Waals surface area contributed by atoms with Crippen molar-refractivity contribution in [2.75, 3.05) is 7.11 Å². The van der Waals surface area contributed by atoms with Crippen LogP contribution in [0, 0.1) is 0 Å². The Balaban J connectivity index is 1.81. The Labute approximate surface area is 167 Å². The number of fused-ring (bicyclic) bond motifs is 1. The molecule has 4 aromatic rings. The summed E-state index contributed by atoms with van der Waals surface area (Å²) in [6.07, 6.45) is 0. The van der Waals surface area contributed by atoms with Gasteiger partial charge >= 0.3 is 0 Å². The largest absolute Gasteiger partial charge is 0.497 e. The van der Waals surface area contributed by atoms with Crippen molar-refractivity contribution in [2.24, 2.45) is 0 Å². The minimum absolute atomic E-state index is 0.529. The molecule has 0 aliphatic carbocycles. The molecule has 0 radical (unpaired) electrons. The predicted octanol–water partition coefficient (Wildman–Crippen LogP) is 6.86. The van der Waals surface area contributed by atoms with Crippen LogP contribution in [0.25, 0.3) is 21.9 Å². The van der Waals surface area contributed by atoms with Gasteiger partial charge in [0.05, 0.1) is 7.11 Å². The van der Waals surface area contributed by atoms with E-state index in [1.165, 1.54) is 0 Å². The number of methoxy groups -OCH3 is 1. The van der Waals surface area contributed by atoms with E-state index in [4.69, 9.17) is 9.47 Å². The van der Waals surface area contributed by atoms with Gasteiger partial charge in [-0.15, -0.1) is 0 Å². The molecule has 0 N–H and O–H groups in total. The van der Waals surface area contributed by atoms with Crippen LogP contribution in [-0.4, -0.2) is 7.11 Å². The topological polar surface area (TPSA) is 18.5 Å². The van der Waals surface area contributed by atoms with E-state index in [2.05, 4.69) is 58.4 Å². The van der Waals surface area contributed by atoms with Crippen molar-refractivity contribution in [2.45, 2.75) is 6.61 Å². The first-order valence-corrected chi connectivity index (χ1v) is 9.58. The van der Waals surface area contributed by atoms with Crippen LogP contribution in [0.1, 0.15) is 5.56 Å². The Morgan fingerprint density at radius 3 is 2.30 bits per heavy atom. The smallest absolute Gasteiger partial charge is 0.127 e. The molecule has 0 saturated heterocycles. The third-order valence-electron chi connectivity index (χ3n) is 4.58. The van der Waals surface area contributed by atoms with Crippen LogP contribution in [0.2, 0.25) is 0 Å². The zero-order valence-electron chi connectivity index (χ0n) is 15.0. The van der Waals surface area contributed by atoms with Crippen LogP contribution in [0.15, 0.2) is 89.4 Å². The monoisotopic (exact) mass is 418 g/mol. The van der Waals surface area contributed by atoms with Gasteiger partial charge in [-0.3, -0.25) is 0 Å². The molecule has 0 aliphatic rings. The standard InChI is InChI=1S/C24H19BrO2/c1-26-18-11-12-20-19(21-9-5-6-10-23(21)25)13-14-24(22(20)15-18)27-16-17-7-3-2-4-8-17/h2-15H,16H2,1H3. The molecule has 4 aromatic carbocycles. The van der Waals surface area contributed by atoms with Crippen LogP contribution >= 0.6 is 15.9 Å². The average molecular weight is 419 g/mol. The summed E-state index contributed by atoms with van der Waals surface area (Å²) in [5, 5.41) is 2.17. The van der Waals surface area contributed by atoms with E-state index in [0.29, 0.717) is 6.61 Å². The number of benzene rings is 4. The third-order valence-corrected chi connectivity index (χ3v) is 5.28. The van der Waals surface area contributed by atoms with Crippen LogP contribution in [0.5, 0.6) is 11.5 Å². The fourth-order valence-corrected chi connectivity index (χ4v) is 3.70. The first-order valence-electron chi connectivity index (χ1n) is 8.78. The fourth-order valence-electron chi connectivity index (χ4n) is 3.20. The van der Waals surface area contributed by atoms with E-state index < -0.39 is 0 Å². The molecule has 0 spiro atoms. The Kier molecular flexibility index (Phi) is 5.12. The summed E-state index contributed by atoms with van der Waals surface area (Å²) in [5.41, 5.74) is 3.46. The number of rotatable bonds is 5. The van der Waals surface area contributed by atoms with Gasteiger partial charge in [0.25, 0.3) is 0 Å². The summed E-state index contributed by atoms with van der Waals surface area (Å²) in [4.78, 5) is 0. The van der Waals surface area contributed by atoms with Gasteiger partial charge in [-0.25, -0.2) is 0 Å². The molecule has 2 nitrogen and oxygen atoms in total. The minimum atomic E-state index is 0.529. The quantitative estimate of drug-likeness (QED) is 0.352. The maximum Gasteiger partial charge on any atom is 0.127 e. The molecule has 0 aliphatic heterocycles. The highest BCUT2D eigenvalue weighted by Crippen LogP contribution is 2.39. The second-order valence-electron chi connectivity index (χ2n) is 6.28. The van der Waals surface area contributed by atoms with Gasteiger partial charge in [0.15, 0.2) is 0 Å². The van der Waals surface area contributed by atoms with Gasteiger partial charge in [0, 0.05) is 9.86 Å². The number of ether oxygens (including phenoxy) is 2. The number of hydrogen-bond acceptors (Lipinski definition) is 2. The highest BCUT2D eigenvalue weighted by atomic mass is 79.9. The lowest BCUT2D eigenvalue weighted by Gasteiger charge is -2.15. The normalized spacial score (nSPS) is 10.7. The van der Waals surface area contributed by atoms with Crippen LogP contribution < -0.4 is 9.47 Å². The maximum absolute atomic E-state index is 6.16. The molecular weight excluding hydrogens is 400 g/mol. The van der Waals surface area contributed by atoms with Crippen molar-refractivity contribution in [3.63, 3.8) is 0 Å². The first-order chi connectivity index (χ1) is 13.3. The fraction of sp³-hybridized carbons (Fsp3) is 0.0833. The summed E-state index contributed by atoms with van der Waals surface area (Å²) < 4.78 is 12.7. The highest BCUT2D eigenvalue weighted by Gasteiger charge is 2.12. The first kappa shape index (κ1) is 17.6. The summed E-state index contributed by atoms with van der Waals surface area (Å²) in [6.45, 7) is 0.529. The molecule has 0 aromatic heterocycles. The lowest BCUT2D eigenvalue weighted by Crippen LogP contribution is -1.96. The van der Waals surface area contributed by atoms with Gasteiger partial charge in [-0.1, -0.05) is 70.5 Å². The molecule has 4 rings (SSSR count). The van der Waals surface area contributed by atoms with Crippen LogP contribution in [-0.2, 0) is 6.61 Å². The van der Waals surface area contributed by atoms with Gasteiger partial charge in [0.2, 0.25) is 0 Å². The molecule has 134 valence electrons. The number of hydrogen-bond donors (Lipinski definition) is 0. The van der Waals surface area contributed by atoms with Crippen molar-refractivity contribution in [3.8, 4) is 22.6 Å². The average Bonchev–Trinajstić information content (AvgIpc) is 2.73. The molecule has 0 bridgehead atoms. The van der Waals surface area contributed by atoms with E-state index in [1.807, 2.05) is 42.5 Å². The third kappa shape index (κ3) is 3.69. The van der Waals surface area contributed by atoms with Crippen molar-refractivity contribution < 1.29 is 9.47 Å². The zero-order valence-corrected chi connectivity index (χ0v) is 16.6. The molecule has 0 fully saturated rings. The van der Waals surface area contributed by atoms with E-state index in [0.717, 1.165) is 43.4 Å². The van der Waals surface area contributed by atoms with E-state index in [1.54, 1.807) is 7.11 Å². The van der Waals surface area contributed by atoms with Crippen molar-refractivity contribution in [1.29, 1.82) is 0 Å². The highest BCUT2D eigenvalue weighted by molar-refractivity contribution is 9.10. The Hall–Kier alpha value is -2.78. The molecule has 27 heavy (non-hydrogen) atoms. The second-order valence-corrected chi connectivity index (χ2v) is 7.13. The second kappa shape index (κ2) is 7.85. The Bertz CT molecular complexity index is 1070. The lowest BCUT2D eigenvalue weighted by molar-refractivity contribution is 0.310. The SMILES string of the molecule is COc1ccc2c(-c3ccccc3Br)ccc(OCc3ccccc3)c2c1. The van der Waals surface area contributed by atoms with Crippen LogP contribution in [0.3, 0.4) is 0 Å². The van der Waals surface area contributed by atoms with Crippen molar-refractivity contribution in [3.05, 3.63) is 95.0 Å². The summed E-state index contributed by atoms with van der Waals surface area (Å²) in [6, 6.07) is 28.7. The van der Waals surface area contributed by atoms with E-state index in [-0.39, 0.29) is 0 Å². The van der Waals surface area contributed by atoms with Gasteiger partial charge < -0.3 is 9.47 Å². The van der Waals surface area contributed by atoms with Crippen molar-refractivity contribution in [1.82, 2.24) is 0 Å². The summed E-state index contributed by atoms with van der Waals surface area (Å²) in [5.74, 6) is 1.67. The summed E-state index contributed by atoms with van der Waals surface area (Å²) >= 11 is 3.67. The van der Waals surface area contributed by atoms with Gasteiger partial charge in [-0.2, -0.15) is 0 Å². The number of halogens is 1. The van der Waals surface area contributed by atoms with Crippen LogP contribution in [0.4, 0.5) is 0 Å². The Morgan fingerprint density at radius 2 is 1.52 bits per heavy atom. The molecular formula is C24H19BrO2. The van der Waals surface area contributed by atoms with E-state index >= 15 is 0 Å². The molecule has 0 unspecified atom stereocenters. The maximum atomic E-state index is 6.16. The van der Waals surface area contributed by atoms with E-state index in [9.17, 15) is 0 Å².